The molecule has 0 saturated heterocycles. The van der Waals surface area contributed by atoms with Gasteiger partial charge >= 0.3 is 0 Å². The summed E-state index contributed by atoms with van der Waals surface area (Å²) in [5, 5.41) is 0. The molecule has 0 heterocycles. The van der Waals surface area contributed by atoms with Crippen LogP contribution in [0.3, 0.4) is 0 Å². The minimum atomic E-state index is 0.157. The van der Waals surface area contributed by atoms with Gasteiger partial charge in [0.2, 0.25) is 0 Å². The Balaban J connectivity index is 1.52. The molecule has 170 valence electrons. The van der Waals surface area contributed by atoms with E-state index in [9.17, 15) is 4.79 Å². The Morgan fingerprint density at radius 2 is 1.77 bits per heavy atom. The van der Waals surface area contributed by atoms with Gasteiger partial charge in [0.25, 0.3) is 0 Å². The second kappa shape index (κ2) is 8.40. The average Bonchev–Trinajstić information content (AvgIpc) is 3.05. The van der Waals surface area contributed by atoms with E-state index in [0.717, 1.165) is 41.9 Å². The van der Waals surface area contributed by atoms with Crippen LogP contribution in [0.5, 0.6) is 0 Å². The zero-order valence-corrected chi connectivity index (χ0v) is 20.6. The van der Waals surface area contributed by atoms with E-state index in [0.29, 0.717) is 10.8 Å². The fourth-order valence-corrected chi connectivity index (χ4v) is 9.54. The van der Waals surface area contributed by atoms with Crippen molar-refractivity contribution >= 4 is 6.29 Å². The molecule has 0 aromatic carbocycles. The van der Waals surface area contributed by atoms with Crippen LogP contribution in [-0.4, -0.2) is 6.29 Å². The van der Waals surface area contributed by atoms with Crippen LogP contribution in [0.25, 0.3) is 0 Å². The Labute approximate surface area is 186 Å². The molecule has 0 aromatic heterocycles. The molecule has 4 aliphatic carbocycles. The van der Waals surface area contributed by atoms with Crippen LogP contribution in [-0.2, 0) is 4.79 Å². The maximum Gasteiger partial charge on any atom is 0.120 e. The number of carbonyl (C=O) groups excluding carboxylic acids is 1. The maximum absolute atomic E-state index is 11.7. The highest BCUT2D eigenvalue weighted by molar-refractivity contribution is 5.52. The fraction of sp³-hybridized carbons (Fsp3) is 0.897. The average molecular weight is 413 g/mol. The van der Waals surface area contributed by atoms with Crippen LogP contribution in [0.4, 0.5) is 0 Å². The summed E-state index contributed by atoms with van der Waals surface area (Å²) in [5.74, 6) is 5.36. The first-order valence-corrected chi connectivity index (χ1v) is 13.4. The van der Waals surface area contributed by atoms with E-state index in [-0.39, 0.29) is 5.41 Å². The molecule has 0 unspecified atom stereocenters. The fourth-order valence-electron chi connectivity index (χ4n) is 9.54. The van der Waals surface area contributed by atoms with Crippen molar-refractivity contribution in [1.82, 2.24) is 0 Å². The minimum Gasteiger partial charge on any atom is -0.303 e. The SMILES string of the molecule is CC(C)CCC[C@@H](C)[C@H]1CC[C@H]2[C@@H]3CC[C@]4(CC=O)C=CCC[C@]4(C)[C@H]3CC[C@]12C. The molecule has 3 saturated carbocycles. The van der Waals surface area contributed by atoms with Crippen LogP contribution in [0.1, 0.15) is 112 Å². The number of rotatable bonds is 7. The standard InChI is InChI=1S/C29H48O/c1-21(2)9-8-10-22(3)24-11-12-25-23-13-18-29(19-20-30)16-7-6-15-28(29,5)26(23)14-17-27(24,25)4/h7,16,20-26H,6,8-15,17-19H2,1-5H3/t22-,23+,24-,25+,26+,27-,28-,29+/m1/s1. The molecule has 1 nitrogen and oxygen atoms in total. The summed E-state index contributed by atoms with van der Waals surface area (Å²) in [4.78, 5) is 11.7. The van der Waals surface area contributed by atoms with Gasteiger partial charge in [-0.05, 0) is 97.7 Å². The lowest BCUT2D eigenvalue weighted by atomic mass is 9.40. The van der Waals surface area contributed by atoms with Gasteiger partial charge in [-0.1, -0.05) is 66.0 Å². The van der Waals surface area contributed by atoms with Crippen molar-refractivity contribution in [2.45, 2.75) is 112 Å². The number of fused-ring (bicyclic) bond motifs is 5. The van der Waals surface area contributed by atoms with E-state index < -0.39 is 0 Å². The van der Waals surface area contributed by atoms with Crippen molar-refractivity contribution in [3.05, 3.63) is 12.2 Å². The Morgan fingerprint density at radius 1 is 0.967 bits per heavy atom. The summed E-state index contributed by atoms with van der Waals surface area (Å²) >= 11 is 0. The number of hydrogen-bond acceptors (Lipinski definition) is 1. The predicted octanol–water partition coefficient (Wildman–Crippen LogP) is 8.23. The highest BCUT2D eigenvalue weighted by atomic mass is 16.1. The molecule has 0 radical (unpaired) electrons. The van der Waals surface area contributed by atoms with Crippen molar-refractivity contribution in [3.8, 4) is 0 Å². The summed E-state index contributed by atoms with van der Waals surface area (Å²) in [6, 6.07) is 0. The lowest BCUT2D eigenvalue weighted by molar-refractivity contribution is -0.139. The van der Waals surface area contributed by atoms with Gasteiger partial charge in [-0.25, -0.2) is 0 Å². The second-order valence-corrected chi connectivity index (χ2v) is 12.8. The monoisotopic (exact) mass is 412 g/mol. The Hall–Kier alpha value is -0.590. The van der Waals surface area contributed by atoms with Gasteiger partial charge in [0.15, 0.2) is 0 Å². The van der Waals surface area contributed by atoms with E-state index in [1.807, 2.05) is 0 Å². The number of aldehydes is 1. The molecule has 4 rings (SSSR count). The molecule has 8 atom stereocenters. The highest BCUT2D eigenvalue weighted by Gasteiger charge is 2.63. The zero-order chi connectivity index (χ0) is 21.6. The van der Waals surface area contributed by atoms with Crippen LogP contribution in [0.15, 0.2) is 12.2 Å². The molecule has 0 aromatic rings. The third kappa shape index (κ3) is 3.45. The third-order valence-electron chi connectivity index (χ3n) is 11.2. The maximum atomic E-state index is 11.7. The van der Waals surface area contributed by atoms with Crippen molar-refractivity contribution < 1.29 is 4.79 Å². The van der Waals surface area contributed by atoms with Crippen molar-refractivity contribution in [2.24, 2.45) is 51.8 Å². The van der Waals surface area contributed by atoms with Crippen molar-refractivity contribution in [2.75, 3.05) is 0 Å². The highest BCUT2D eigenvalue weighted by Crippen LogP contribution is 2.71. The van der Waals surface area contributed by atoms with Crippen LogP contribution < -0.4 is 0 Å². The van der Waals surface area contributed by atoms with E-state index in [1.54, 1.807) is 0 Å². The Morgan fingerprint density at radius 3 is 2.50 bits per heavy atom. The van der Waals surface area contributed by atoms with E-state index in [4.69, 9.17) is 0 Å². The third-order valence-corrected chi connectivity index (χ3v) is 11.2. The van der Waals surface area contributed by atoms with Gasteiger partial charge in [-0.3, -0.25) is 0 Å². The molecular formula is C29H48O. The molecular weight excluding hydrogens is 364 g/mol. The Kier molecular flexibility index (Phi) is 6.33. The van der Waals surface area contributed by atoms with Gasteiger partial charge < -0.3 is 4.79 Å². The van der Waals surface area contributed by atoms with Crippen molar-refractivity contribution in [1.29, 1.82) is 0 Å². The van der Waals surface area contributed by atoms with E-state index in [2.05, 4.69) is 46.8 Å². The number of carbonyl (C=O) groups is 1. The Bertz CT molecular complexity index is 649. The van der Waals surface area contributed by atoms with Crippen LogP contribution in [0.2, 0.25) is 0 Å². The first-order chi connectivity index (χ1) is 14.3. The van der Waals surface area contributed by atoms with E-state index >= 15 is 0 Å². The minimum absolute atomic E-state index is 0.157. The summed E-state index contributed by atoms with van der Waals surface area (Å²) in [6.45, 7) is 12.6. The smallest absolute Gasteiger partial charge is 0.120 e. The summed E-state index contributed by atoms with van der Waals surface area (Å²) in [6.07, 6.45) is 22.1. The molecule has 0 amide bonds. The van der Waals surface area contributed by atoms with Gasteiger partial charge in [0.1, 0.15) is 6.29 Å². The first-order valence-electron chi connectivity index (χ1n) is 13.4. The predicted molar refractivity (Wildman–Crippen MR) is 127 cm³/mol. The zero-order valence-electron chi connectivity index (χ0n) is 20.6. The normalized spacial score (nSPS) is 46.2. The van der Waals surface area contributed by atoms with Gasteiger partial charge in [0, 0.05) is 11.8 Å². The molecule has 0 bridgehead atoms. The van der Waals surface area contributed by atoms with Crippen molar-refractivity contribution in [3.63, 3.8) is 0 Å². The summed E-state index contributed by atoms with van der Waals surface area (Å²) in [7, 11) is 0. The molecule has 0 N–H and O–H groups in total. The van der Waals surface area contributed by atoms with Crippen LogP contribution >= 0.6 is 0 Å². The van der Waals surface area contributed by atoms with Gasteiger partial charge in [-0.15, -0.1) is 0 Å². The lowest BCUT2D eigenvalue weighted by Gasteiger charge is -2.64. The summed E-state index contributed by atoms with van der Waals surface area (Å²) < 4.78 is 0. The van der Waals surface area contributed by atoms with E-state index in [1.165, 1.54) is 76.9 Å². The molecule has 1 heteroatoms. The molecule has 0 spiro atoms. The summed E-state index contributed by atoms with van der Waals surface area (Å²) in [5.41, 5.74) is 1.07. The second-order valence-electron chi connectivity index (χ2n) is 12.8. The number of allylic oxidation sites excluding steroid dienone is 2. The first kappa shape index (κ1) is 22.6. The van der Waals surface area contributed by atoms with Gasteiger partial charge in [-0.2, -0.15) is 0 Å². The molecule has 3 fully saturated rings. The largest absolute Gasteiger partial charge is 0.303 e. The topological polar surface area (TPSA) is 17.1 Å². The van der Waals surface area contributed by atoms with Crippen LogP contribution in [0, 0.1) is 51.8 Å². The quantitative estimate of drug-likeness (QED) is 0.304. The molecule has 4 aliphatic rings. The molecule has 30 heavy (non-hydrogen) atoms. The number of hydrogen-bond donors (Lipinski definition) is 0. The van der Waals surface area contributed by atoms with Gasteiger partial charge in [0.05, 0.1) is 0 Å². The lowest BCUT2D eigenvalue weighted by Crippen LogP contribution is -2.57. The molecule has 0 aliphatic heterocycles.